The van der Waals surface area contributed by atoms with E-state index < -0.39 is 60.1 Å². The van der Waals surface area contributed by atoms with Crippen molar-refractivity contribution in [2.45, 2.75) is 190 Å². The Bertz CT molecular complexity index is 2620. The van der Waals surface area contributed by atoms with Crippen LogP contribution in [0.2, 0.25) is 0 Å². The van der Waals surface area contributed by atoms with Gasteiger partial charge in [-0.25, -0.2) is 0 Å². The normalized spacial score (nSPS) is 24.5. The van der Waals surface area contributed by atoms with E-state index in [2.05, 4.69) is 54.7 Å². The molecule has 4 fully saturated rings. The van der Waals surface area contributed by atoms with Crippen molar-refractivity contribution in [1.29, 1.82) is 0 Å². The van der Waals surface area contributed by atoms with Crippen molar-refractivity contribution < 1.29 is 38.4 Å². The van der Waals surface area contributed by atoms with Crippen LogP contribution in [0.1, 0.15) is 172 Å². The quantitative estimate of drug-likeness (QED) is 0.0807. The van der Waals surface area contributed by atoms with Crippen LogP contribution in [-0.2, 0) is 41.6 Å². The van der Waals surface area contributed by atoms with Gasteiger partial charge in [0.2, 0.25) is 35.4 Å². The van der Waals surface area contributed by atoms with Gasteiger partial charge in [-0.2, -0.15) is 0 Å². The molecule has 19 heteroatoms. The number of nitrogens with one attached hydrogen (secondary N) is 8. The molecule has 6 aliphatic rings. The summed E-state index contributed by atoms with van der Waals surface area (Å²) in [5, 5.41) is 24.6. The number of amides is 8. The van der Waals surface area contributed by atoms with Gasteiger partial charge >= 0.3 is 0 Å². The summed E-state index contributed by atoms with van der Waals surface area (Å²) in [6.45, 7) is 3.45. The minimum absolute atomic E-state index is 0.00104. The molecule has 0 aromatic heterocycles. The molecule has 8 amide bonds. The maximum absolute atomic E-state index is 15.0. The van der Waals surface area contributed by atoms with Crippen LogP contribution in [0.4, 0.5) is 5.69 Å². The Morgan fingerprint density at radius 1 is 0.506 bits per heavy atom. The zero-order valence-electron chi connectivity index (χ0n) is 47.7. The second kappa shape index (κ2) is 26.8. The van der Waals surface area contributed by atoms with Crippen molar-refractivity contribution in [2.24, 2.45) is 11.8 Å². The van der Waals surface area contributed by atoms with Crippen molar-refractivity contribution in [3.63, 3.8) is 0 Å². The fourth-order valence-corrected chi connectivity index (χ4v) is 13.5. The number of nitrogen functional groups attached to an aromatic ring is 1. The summed E-state index contributed by atoms with van der Waals surface area (Å²) in [5.74, 6) is -3.47. The molecule has 0 spiro atoms. The van der Waals surface area contributed by atoms with Gasteiger partial charge in [0.25, 0.3) is 11.8 Å². The van der Waals surface area contributed by atoms with E-state index in [4.69, 9.17) is 5.73 Å². The van der Waals surface area contributed by atoms with E-state index in [1.165, 1.54) is 39.1 Å². The van der Waals surface area contributed by atoms with Gasteiger partial charge in [-0.1, -0.05) is 87.1 Å². The lowest BCUT2D eigenvalue weighted by molar-refractivity contribution is -0.143. The molecular formula is C62H85N11O8. The van der Waals surface area contributed by atoms with Crippen LogP contribution in [0, 0.1) is 11.8 Å². The van der Waals surface area contributed by atoms with Crippen LogP contribution in [0.15, 0.2) is 66.7 Å². The monoisotopic (exact) mass is 1110 g/mol. The average Bonchev–Trinajstić information content (AvgIpc) is 4.20. The second-order valence-electron chi connectivity index (χ2n) is 23.8. The van der Waals surface area contributed by atoms with Crippen LogP contribution >= 0.6 is 0 Å². The van der Waals surface area contributed by atoms with Crippen molar-refractivity contribution in [3.05, 3.63) is 100 Å². The number of aryl methyl sites for hydroxylation is 2. The first-order chi connectivity index (χ1) is 39.1. The molecule has 10 N–H and O–H groups in total. The zero-order chi connectivity index (χ0) is 57.3. The van der Waals surface area contributed by atoms with Crippen LogP contribution in [0.3, 0.4) is 0 Å². The Labute approximate surface area is 476 Å². The first-order valence-corrected chi connectivity index (χ1v) is 30.0. The largest absolute Gasteiger partial charge is 0.399 e. The van der Waals surface area contributed by atoms with Crippen LogP contribution in [0.5, 0.6) is 0 Å². The number of hydrogen-bond acceptors (Lipinski definition) is 11. The van der Waals surface area contributed by atoms with E-state index in [0.717, 1.165) is 114 Å². The first kappa shape index (κ1) is 58.8. The number of likely N-dealkylation sites (N-methyl/N-ethyl adjacent to an activating group) is 2. The van der Waals surface area contributed by atoms with E-state index in [-0.39, 0.29) is 102 Å². The summed E-state index contributed by atoms with van der Waals surface area (Å²) in [6.07, 6.45) is 14.0. The lowest BCUT2D eigenvalue weighted by atomic mass is 9.83. The SMILES string of the molecule is CN[C@@H](C)C(=O)N[C@H](C(=O)N1C[C@@H](NC(=O)c2cc(N)cc(C(=O)N[C@H]3C[C@@H](C(=O)N[C@@H]4CCCc5ccccc54)N(C(=O)[C@@H](NC(=O)[C@H](C)NC)C4CCCCC4)C3)c2)C[C@H]1C(=O)N[C@@H]1CCCc2ccccc21)C1CCCCC1. The van der Waals surface area contributed by atoms with E-state index in [0.29, 0.717) is 0 Å². The molecular weight excluding hydrogens is 1030 g/mol. The van der Waals surface area contributed by atoms with Gasteiger partial charge in [0.05, 0.1) is 24.2 Å². The van der Waals surface area contributed by atoms with Crippen molar-refractivity contribution in [3.8, 4) is 0 Å². The molecule has 2 aliphatic heterocycles. The summed E-state index contributed by atoms with van der Waals surface area (Å²) in [7, 11) is 3.36. The summed E-state index contributed by atoms with van der Waals surface area (Å²) in [6, 6.07) is 13.7. The number of fused-ring (bicyclic) bond motifs is 2. The molecule has 2 saturated carbocycles. The molecule has 4 aliphatic carbocycles. The Balaban J connectivity index is 0.934. The molecule has 0 radical (unpaired) electrons. The number of anilines is 1. The number of nitrogens with zero attached hydrogens (tertiary/aromatic N) is 2. The van der Waals surface area contributed by atoms with Crippen LogP contribution in [-0.4, -0.2) is 133 Å². The van der Waals surface area contributed by atoms with Gasteiger partial charge in [0, 0.05) is 42.0 Å². The minimum atomic E-state index is -0.961. The summed E-state index contributed by atoms with van der Waals surface area (Å²) in [4.78, 5) is 118. The van der Waals surface area contributed by atoms with Crippen LogP contribution in [0.25, 0.3) is 0 Å². The van der Waals surface area contributed by atoms with Crippen molar-refractivity contribution in [1.82, 2.24) is 52.3 Å². The van der Waals surface area contributed by atoms with Gasteiger partial charge in [-0.3, -0.25) is 38.4 Å². The Morgan fingerprint density at radius 2 is 0.901 bits per heavy atom. The Kier molecular flexibility index (Phi) is 19.5. The van der Waals surface area contributed by atoms with Crippen molar-refractivity contribution >= 4 is 52.9 Å². The summed E-state index contributed by atoms with van der Waals surface area (Å²) >= 11 is 0. The lowest BCUT2D eigenvalue weighted by Gasteiger charge is -2.35. The number of carbonyl (C=O) groups is 8. The fraction of sp³-hybridized carbons (Fsp3) is 0.581. The third kappa shape index (κ3) is 13.9. The third-order valence-corrected chi connectivity index (χ3v) is 18.3. The predicted octanol–water partition coefficient (Wildman–Crippen LogP) is 4.40. The number of benzene rings is 3. The summed E-state index contributed by atoms with van der Waals surface area (Å²) < 4.78 is 0. The predicted molar refractivity (Wildman–Crippen MR) is 308 cm³/mol. The van der Waals surface area contributed by atoms with E-state index in [9.17, 15) is 28.8 Å². The molecule has 0 unspecified atom stereocenters. The number of carbonyl (C=O) groups excluding carboxylic acids is 8. The zero-order valence-corrected chi connectivity index (χ0v) is 47.7. The molecule has 2 saturated heterocycles. The molecule has 436 valence electrons. The highest BCUT2D eigenvalue weighted by molar-refractivity contribution is 6.02. The standard InChI is InChI=1S/C62H85N11O8/c1-36(64-3)55(74)70-53(40-19-7-5-8-20-40)61(80)72-34-45(32-51(72)59(78)68-49-27-15-23-38-17-11-13-25-47(38)49)66-57(76)42-29-43(31-44(63)30-42)58(77)67-46-33-52(60(79)69-50-28-16-24-39-18-12-14-26-48(39)50)73(35-46)62(81)54(41-21-9-6-10-22-41)71-56(75)37(2)65-4/h11-14,17-18,25-26,29-31,36-37,40-41,45-46,49-54,64-65H,5-10,15-16,19-24,27-28,32-35,63H2,1-4H3,(H,66,76)(H,67,77)(H,68,78)(H,69,79)(H,70,74)(H,71,75)/t36-,37-,45-,46-,49+,50+,51-,52-,53-,54-/m0/s1. The molecule has 3 aromatic carbocycles. The number of hydrogen-bond donors (Lipinski definition) is 9. The van der Waals surface area contributed by atoms with E-state index >= 15 is 9.59 Å². The van der Waals surface area contributed by atoms with Crippen molar-refractivity contribution in [2.75, 3.05) is 32.9 Å². The summed E-state index contributed by atoms with van der Waals surface area (Å²) in [5.41, 5.74) is 11.2. The topological polar surface area (TPSA) is 265 Å². The molecule has 9 rings (SSSR count). The second-order valence-corrected chi connectivity index (χ2v) is 23.8. The number of nitrogens with two attached hydrogens (primary N) is 1. The maximum atomic E-state index is 15.0. The minimum Gasteiger partial charge on any atom is -0.399 e. The highest BCUT2D eigenvalue weighted by Crippen LogP contribution is 2.35. The van der Waals surface area contributed by atoms with Gasteiger partial charge in [0.15, 0.2) is 0 Å². The molecule has 2 heterocycles. The lowest BCUT2D eigenvalue weighted by Crippen LogP contribution is -2.58. The Morgan fingerprint density at radius 3 is 1.30 bits per heavy atom. The maximum Gasteiger partial charge on any atom is 0.251 e. The highest BCUT2D eigenvalue weighted by Gasteiger charge is 2.47. The third-order valence-electron chi connectivity index (χ3n) is 18.3. The van der Waals surface area contributed by atoms with Gasteiger partial charge in [-0.05, 0) is 157 Å². The number of rotatable bonds is 18. The molecule has 0 bridgehead atoms. The molecule has 19 nitrogen and oxygen atoms in total. The number of likely N-dealkylation sites (tertiary alicyclic amines) is 2. The smallest absolute Gasteiger partial charge is 0.251 e. The van der Waals surface area contributed by atoms with Gasteiger partial charge < -0.3 is 58.1 Å². The van der Waals surface area contributed by atoms with Gasteiger partial charge in [0.1, 0.15) is 24.2 Å². The first-order valence-electron chi connectivity index (χ1n) is 30.0. The Hall–Kier alpha value is -6.86. The van der Waals surface area contributed by atoms with Crippen LogP contribution < -0.4 is 48.3 Å². The van der Waals surface area contributed by atoms with Gasteiger partial charge in [-0.15, -0.1) is 0 Å². The van der Waals surface area contributed by atoms with E-state index in [1.54, 1.807) is 27.9 Å². The fourth-order valence-electron chi connectivity index (χ4n) is 13.5. The molecule has 3 aromatic rings. The van der Waals surface area contributed by atoms with E-state index in [1.807, 2.05) is 36.4 Å². The molecule has 10 atom stereocenters. The molecule has 81 heavy (non-hydrogen) atoms. The highest BCUT2D eigenvalue weighted by atomic mass is 16.2. The average molecular weight is 1110 g/mol.